The van der Waals surface area contributed by atoms with Gasteiger partial charge in [-0.2, -0.15) is 0 Å². The highest BCUT2D eigenvalue weighted by atomic mass is 32.1. The van der Waals surface area contributed by atoms with Gasteiger partial charge in [-0.25, -0.2) is 9.97 Å². The zero-order valence-electron chi connectivity index (χ0n) is 16.6. The van der Waals surface area contributed by atoms with Crippen molar-refractivity contribution in [2.24, 2.45) is 0 Å². The number of rotatable bonds is 6. The zero-order valence-corrected chi connectivity index (χ0v) is 17.4. The van der Waals surface area contributed by atoms with Crippen molar-refractivity contribution in [3.05, 3.63) is 101 Å². The molecule has 31 heavy (non-hydrogen) atoms. The van der Waals surface area contributed by atoms with Crippen molar-refractivity contribution >= 4 is 38.4 Å². The molecule has 0 fully saturated rings. The van der Waals surface area contributed by atoms with Crippen molar-refractivity contribution in [2.45, 2.75) is 13.2 Å². The van der Waals surface area contributed by atoms with E-state index in [-0.39, 0.29) is 5.91 Å². The van der Waals surface area contributed by atoms with Crippen LogP contribution in [0.5, 0.6) is 5.75 Å². The Hall–Kier alpha value is -3.77. The van der Waals surface area contributed by atoms with Gasteiger partial charge in [-0.15, -0.1) is 11.3 Å². The van der Waals surface area contributed by atoms with E-state index in [2.05, 4.69) is 21.4 Å². The fourth-order valence-corrected chi connectivity index (χ4v) is 4.08. The summed E-state index contributed by atoms with van der Waals surface area (Å²) in [6.07, 6.45) is 0. The van der Waals surface area contributed by atoms with E-state index in [1.807, 2.05) is 54.0 Å². The van der Waals surface area contributed by atoms with Gasteiger partial charge in [0.25, 0.3) is 5.91 Å². The maximum absolute atomic E-state index is 12.5. The number of fused-ring (bicyclic) bond motifs is 2. The van der Waals surface area contributed by atoms with Crippen molar-refractivity contribution in [3.63, 3.8) is 0 Å². The molecule has 0 saturated carbocycles. The third kappa shape index (κ3) is 4.39. The number of aromatic nitrogens is 2. The Morgan fingerprint density at radius 2 is 1.81 bits per heavy atom. The fraction of sp³-hybridized carbons (Fsp3) is 0.0800. The van der Waals surface area contributed by atoms with E-state index in [1.54, 1.807) is 35.6 Å². The van der Waals surface area contributed by atoms with E-state index in [0.717, 1.165) is 32.4 Å². The van der Waals surface area contributed by atoms with E-state index in [0.29, 0.717) is 24.5 Å². The molecule has 1 N–H and O–H groups in total. The number of nitrogens with one attached hydrogen (secondary N) is 1. The average Bonchev–Trinajstić information content (AvgIpc) is 3.29. The summed E-state index contributed by atoms with van der Waals surface area (Å²) in [5.41, 5.74) is 6.26. The molecule has 0 saturated heterocycles. The molecule has 1 amide bonds. The van der Waals surface area contributed by atoms with Crippen LogP contribution in [0.15, 0.2) is 84.4 Å². The summed E-state index contributed by atoms with van der Waals surface area (Å²) in [5, 5.41) is 4.07. The van der Waals surface area contributed by atoms with E-state index < -0.39 is 0 Å². The number of ether oxygens (including phenoxy) is 1. The summed E-state index contributed by atoms with van der Waals surface area (Å²) < 4.78 is 6.96. The van der Waals surface area contributed by atoms with Gasteiger partial charge in [0.2, 0.25) is 0 Å². The quantitative estimate of drug-likeness (QED) is 0.398. The van der Waals surface area contributed by atoms with Crippen LogP contribution in [0.25, 0.3) is 21.1 Å². The molecule has 3 aromatic carbocycles. The van der Waals surface area contributed by atoms with Gasteiger partial charge in [-0.1, -0.05) is 30.3 Å². The monoisotopic (exact) mass is 425 g/mol. The molecule has 0 unspecified atom stereocenters. The maximum Gasteiger partial charge on any atom is 0.251 e. The standard InChI is InChI=1S/C25H19N3O2S/c29-25(26-14-17-5-12-23-24(13-17)31-16-27-23)19-7-10-21(11-8-19)30-15-20-9-6-18-3-1-2-4-22(18)28-20/h1-13,16H,14-15H2,(H,26,29). The first-order valence-corrected chi connectivity index (χ1v) is 10.8. The van der Waals surface area contributed by atoms with Gasteiger partial charge in [0, 0.05) is 17.5 Å². The lowest BCUT2D eigenvalue weighted by molar-refractivity contribution is 0.0951. The van der Waals surface area contributed by atoms with Crippen LogP contribution < -0.4 is 10.1 Å². The summed E-state index contributed by atoms with van der Waals surface area (Å²) in [6.45, 7) is 0.842. The lowest BCUT2D eigenvalue weighted by Crippen LogP contribution is -2.22. The molecule has 0 aliphatic rings. The van der Waals surface area contributed by atoms with Gasteiger partial charge in [-0.3, -0.25) is 4.79 Å². The summed E-state index contributed by atoms with van der Waals surface area (Å²) >= 11 is 1.59. The van der Waals surface area contributed by atoms with Crippen LogP contribution in [-0.4, -0.2) is 15.9 Å². The number of para-hydroxylation sites is 1. The lowest BCUT2D eigenvalue weighted by Gasteiger charge is -2.09. The van der Waals surface area contributed by atoms with Crippen molar-refractivity contribution < 1.29 is 9.53 Å². The molecule has 5 nitrogen and oxygen atoms in total. The number of carbonyl (C=O) groups excluding carboxylic acids is 1. The van der Waals surface area contributed by atoms with Crippen molar-refractivity contribution in [1.29, 1.82) is 0 Å². The van der Waals surface area contributed by atoms with Crippen LogP contribution in [0.3, 0.4) is 0 Å². The minimum atomic E-state index is -0.118. The van der Waals surface area contributed by atoms with Gasteiger partial charge >= 0.3 is 0 Å². The molecule has 5 rings (SSSR count). The molecule has 152 valence electrons. The van der Waals surface area contributed by atoms with E-state index in [1.165, 1.54) is 0 Å². The Bertz CT molecular complexity index is 1360. The second-order valence-corrected chi connectivity index (χ2v) is 8.03. The van der Waals surface area contributed by atoms with Crippen LogP contribution in [0.2, 0.25) is 0 Å². The lowest BCUT2D eigenvalue weighted by atomic mass is 10.2. The summed E-state index contributed by atoms with van der Waals surface area (Å²) in [6, 6.07) is 25.2. The smallest absolute Gasteiger partial charge is 0.251 e. The van der Waals surface area contributed by atoms with Crippen molar-refractivity contribution in [2.75, 3.05) is 0 Å². The first-order chi connectivity index (χ1) is 15.2. The van der Waals surface area contributed by atoms with E-state index in [4.69, 9.17) is 4.74 Å². The summed E-state index contributed by atoms with van der Waals surface area (Å²) in [5.74, 6) is 0.578. The maximum atomic E-state index is 12.5. The SMILES string of the molecule is O=C(NCc1ccc2ncsc2c1)c1ccc(OCc2ccc3ccccc3n2)cc1. The van der Waals surface area contributed by atoms with Crippen LogP contribution in [0, 0.1) is 0 Å². The van der Waals surface area contributed by atoms with Gasteiger partial charge in [0.15, 0.2) is 0 Å². The Balaban J connectivity index is 1.18. The summed E-state index contributed by atoms with van der Waals surface area (Å²) in [7, 11) is 0. The Morgan fingerprint density at radius 1 is 0.935 bits per heavy atom. The molecular weight excluding hydrogens is 406 g/mol. The number of nitrogens with zero attached hydrogens (tertiary/aromatic N) is 2. The molecule has 0 spiro atoms. The molecule has 2 heterocycles. The zero-order chi connectivity index (χ0) is 21.0. The van der Waals surface area contributed by atoms with Crippen LogP contribution >= 0.6 is 11.3 Å². The number of benzene rings is 3. The average molecular weight is 426 g/mol. The largest absolute Gasteiger partial charge is 0.487 e. The van der Waals surface area contributed by atoms with Crippen molar-refractivity contribution in [3.8, 4) is 5.75 Å². The molecule has 5 aromatic rings. The third-order valence-electron chi connectivity index (χ3n) is 5.01. The van der Waals surface area contributed by atoms with E-state index >= 15 is 0 Å². The molecule has 0 aliphatic heterocycles. The van der Waals surface area contributed by atoms with Gasteiger partial charge in [0.1, 0.15) is 12.4 Å². The predicted octanol–water partition coefficient (Wildman–Crippen LogP) is 5.35. The molecule has 0 aliphatic carbocycles. The van der Waals surface area contributed by atoms with Gasteiger partial charge in [0.05, 0.1) is 26.9 Å². The fourth-order valence-electron chi connectivity index (χ4n) is 3.34. The van der Waals surface area contributed by atoms with Gasteiger partial charge < -0.3 is 10.1 Å². The predicted molar refractivity (Wildman–Crippen MR) is 123 cm³/mol. The highest BCUT2D eigenvalue weighted by molar-refractivity contribution is 7.16. The van der Waals surface area contributed by atoms with E-state index in [9.17, 15) is 4.79 Å². The number of amides is 1. The summed E-state index contributed by atoms with van der Waals surface area (Å²) in [4.78, 5) is 21.4. The normalized spacial score (nSPS) is 11.0. The van der Waals surface area contributed by atoms with Gasteiger partial charge in [-0.05, 0) is 54.1 Å². The number of carbonyl (C=O) groups is 1. The van der Waals surface area contributed by atoms with Crippen LogP contribution in [0.1, 0.15) is 21.6 Å². The second-order valence-electron chi connectivity index (χ2n) is 7.15. The number of hydrogen-bond acceptors (Lipinski definition) is 5. The highest BCUT2D eigenvalue weighted by Crippen LogP contribution is 2.19. The molecule has 6 heteroatoms. The van der Waals surface area contributed by atoms with Crippen LogP contribution in [0.4, 0.5) is 0 Å². The molecule has 0 atom stereocenters. The molecular formula is C25H19N3O2S. The topological polar surface area (TPSA) is 64.1 Å². The Kier molecular flexibility index (Phi) is 5.29. The number of pyridine rings is 1. The Morgan fingerprint density at radius 3 is 2.71 bits per heavy atom. The highest BCUT2D eigenvalue weighted by Gasteiger charge is 2.07. The minimum Gasteiger partial charge on any atom is -0.487 e. The number of hydrogen-bond donors (Lipinski definition) is 1. The molecule has 0 bridgehead atoms. The first kappa shape index (κ1) is 19.2. The minimum absolute atomic E-state index is 0.118. The molecule has 2 aromatic heterocycles. The number of thiazole rings is 1. The Labute approximate surface area is 183 Å². The molecule has 0 radical (unpaired) electrons. The second kappa shape index (κ2) is 8.53. The van der Waals surface area contributed by atoms with Crippen LogP contribution in [-0.2, 0) is 13.2 Å². The van der Waals surface area contributed by atoms with Crippen molar-refractivity contribution in [1.82, 2.24) is 15.3 Å². The first-order valence-electron chi connectivity index (χ1n) is 9.92. The third-order valence-corrected chi connectivity index (χ3v) is 5.80.